The molecule has 0 saturated heterocycles. The predicted molar refractivity (Wildman–Crippen MR) is 154 cm³/mol. The topological polar surface area (TPSA) is 35.5 Å². The van der Waals surface area contributed by atoms with Gasteiger partial charge in [0.25, 0.3) is 0 Å². The molecule has 0 aliphatic heterocycles. The van der Waals surface area contributed by atoms with E-state index in [0.29, 0.717) is 6.42 Å². The van der Waals surface area contributed by atoms with Gasteiger partial charge in [-0.15, -0.1) is 0 Å². The second kappa shape index (κ2) is 15.6. The van der Waals surface area contributed by atoms with Gasteiger partial charge in [-0.3, -0.25) is 4.79 Å². The molecule has 0 aliphatic carbocycles. The van der Waals surface area contributed by atoms with Gasteiger partial charge in [-0.2, -0.15) is 0 Å². The maximum absolute atomic E-state index is 11.0. The summed E-state index contributed by atoms with van der Waals surface area (Å²) in [5.41, 5.74) is 5.71. The number of rotatable bonds is 13. The number of hydrogen-bond acceptors (Lipinski definition) is 3. The van der Waals surface area contributed by atoms with Gasteiger partial charge in [-0.1, -0.05) is 99.4 Å². The molecule has 0 bridgehead atoms. The van der Waals surface area contributed by atoms with Crippen LogP contribution in [0.25, 0.3) is 22.3 Å². The van der Waals surface area contributed by atoms with Gasteiger partial charge in [-0.05, 0) is 66.3 Å². The smallest absolute Gasteiger partial charge is 0.302 e. The molecule has 0 heterocycles. The fourth-order valence-electron chi connectivity index (χ4n) is 4.20. The van der Waals surface area contributed by atoms with Crippen LogP contribution in [0.4, 0.5) is 0 Å². The monoisotopic (exact) mass is 496 g/mol. The van der Waals surface area contributed by atoms with E-state index >= 15 is 0 Å². The summed E-state index contributed by atoms with van der Waals surface area (Å²) in [5.74, 6) is 7.06. The van der Waals surface area contributed by atoms with Gasteiger partial charge in [0.2, 0.25) is 0 Å². The first-order valence-corrected chi connectivity index (χ1v) is 13.6. The molecule has 3 rings (SSSR count). The maximum Gasteiger partial charge on any atom is 0.302 e. The minimum atomic E-state index is -0.245. The summed E-state index contributed by atoms with van der Waals surface area (Å²) < 4.78 is 11.0. The molecule has 3 nitrogen and oxygen atoms in total. The van der Waals surface area contributed by atoms with Crippen LogP contribution in [0.2, 0.25) is 0 Å². The largest absolute Gasteiger partial charge is 0.494 e. The number of ether oxygens (including phenoxy) is 2. The van der Waals surface area contributed by atoms with Gasteiger partial charge in [0.15, 0.2) is 0 Å². The number of hydrogen-bond donors (Lipinski definition) is 0. The summed E-state index contributed by atoms with van der Waals surface area (Å²) >= 11 is 0. The summed E-state index contributed by atoms with van der Waals surface area (Å²) in [6, 6.07) is 25.4. The molecule has 0 amide bonds. The average molecular weight is 497 g/mol. The summed E-state index contributed by atoms with van der Waals surface area (Å²) in [6.07, 6.45) is 8.99. The SMILES string of the molecule is CCCCCCCCOc1ccc(-c2ccc(-c3ccc(C#CCCC(C)OC(C)=O)cc3)cc2)cc1. The van der Waals surface area contributed by atoms with E-state index in [4.69, 9.17) is 9.47 Å². The molecule has 1 atom stereocenters. The van der Waals surface area contributed by atoms with E-state index in [0.717, 1.165) is 30.8 Å². The summed E-state index contributed by atoms with van der Waals surface area (Å²) in [6.45, 7) is 6.37. The van der Waals surface area contributed by atoms with Crippen molar-refractivity contribution in [1.82, 2.24) is 0 Å². The van der Waals surface area contributed by atoms with Crippen molar-refractivity contribution in [3.63, 3.8) is 0 Å². The third-order valence-corrected chi connectivity index (χ3v) is 6.33. The molecule has 3 aromatic rings. The van der Waals surface area contributed by atoms with Gasteiger partial charge >= 0.3 is 5.97 Å². The molecule has 0 radical (unpaired) electrons. The Balaban J connectivity index is 1.47. The molecular formula is C34H40O3. The molecule has 0 fully saturated rings. The summed E-state index contributed by atoms with van der Waals surface area (Å²) in [4.78, 5) is 11.0. The molecule has 0 spiro atoms. The van der Waals surface area contributed by atoms with E-state index in [2.05, 4.69) is 91.6 Å². The van der Waals surface area contributed by atoms with Gasteiger partial charge in [0.1, 0.15) is 5.75 Å². The quantitative estimate of drug-likeness (QED) is 0.135. The van der Waals surface area contributed by atoms with Crippen LogP contribution < -0.4 is 4.74 Å². The molecule has 0 aromatic heterocycles. The average Bonchev–Trinajstić information content (AvgIpc) is 2.91. The Morgan fingerprint density at radius 2 is 1.27 bits per heavy atom. The molecule has 3 heteroatoms. The Morgan fingerprint density at radius 3 is 1.84 bits per heavy atom. The molecule has 3 aromatic carbocycles. The third-order valence-electron chi connectivity index (χ3n) is 6.33. The van der Waals surface area contributed by atoms with Crippen LogP contribution in [-0.2, 0) is 9.53 Å². The van der Waals surface area contributed by atoms with E-state index in [9.17, 15) is 4.79 Å². The van der Waals surface area contributed by atoms with Crippen molar-refractivity contribution in [2.75, 3.05) is 6.61 Å². The highest BCUT2D eigenvalue weighted by Crippen LogP contribution is 2.26. The molecular weight excluding hydrogens is 456 g/mol. The van der Waals surface area contributed by atoms with Crippen LogP contribution in [0.5, 0.6) is 5.75 Å². The standard InChI is InChI=1S/C34H40O3/c1-4-5-6-7-8-11-26-36-34-24-22-33(23-25-34)32-20-18-31(19-21-32)30-16-14-29(15-17-30)13-10-9-12-27(2)37-28(3)35/h14-25,27H,4-9,11-12,26H2,1-3H3. The molecule has 1 unspecified atom stereocenters. The summed E-state index contributed by atoms with van der Waals surface area (Å²) in [5, 5.41) is 0. The van der Waals surface area contributed by atoms with Crippen LogP contribution in [0.3, 0.4) is 0 Å². The van der Waals surface area contributed by atoms with Crippen LogP contribution in [0, 0.1) is 11.8 Å². The first-order valence-electron chi connectivity index (χ1n) is 13.6. The molecule has 0 aliphatic rings. The fraction of sp³-hybridized carbons (Fsp3) is 0.382. The minimum absolute atomic E-state index is 0.0988. The lowest BCUT2D eigenvalue weighted by molar-refractivity contribution is -0.145. The van der Waals surface area contributed by atoms with E-state index in [1.807, 2.05) is 6.92 Å². The fourth-order valence-corrected chi connectivity index (χ4v) is 4.20. The number of esters is 1. The van der Waals surface area contributed by atoms with Crippen LogP contribution >= 0.6 is 0 Å². The van der Waals surface area contributed by atoms with Gasteiger partial charge in [0.05, 0.1) is 12.7 Å². The predicted octanol–water partition coefficient (Wildman–Crippen LogP) is 8.84. The van der Waals surface area contributed by atoms with Crippen molar-refractivity contribution in [2.24, 2.45) is 0 Å². The zero-order chi connectivity index (χ0) is 26.3. The highest BCUT2D eigenvalue weighted by atomic mass is 16.5. The second-order valence-corrected chi connectivity index (χ2v) is 9.56. The first-order chi connectivity index (χ1) is 18.0. The van der Waals surface area contributed by atoms with Crippen molar-refractivity contribution in [3.8, 4) is 39.8 Å². The van der Waals surface area contributed by atoms with Gasteiger partial charge < -0.3 is 9.47 Å². The van der Waals surface area contributed by atoms with Crippen molar-refractivity contribution in [3.05, 3.63) is 78.4 Å². The number of benzene rings is 3. The van der Waals surface area contributed by atoms with Crippen LogP contribution in [-0.4, -0.2) is 18.7 Å². The zero-order valence-electron chi connectivity index (χ0n) is 22.6. The Kier molecular flexibility index (Phi) is 11.8. The lowest BCUT2D eigenvalue weighted by Crippen LogP contribution is -2.11. The van der Waals surface area contributed by atoms with E-state index in [1.54, 1.807) is 0 Å². The van der Waals surface area contributed by atoms with Crippen molar-refractivity contribution < 1.29 is 14.3 Å². The van der Waals surface area contributed by atoms with Gasteiger partial charge in [0, 0.05) is 18.9 Å². The number of unbranched alkanes of at least 4 members (excludes halogenated alkanes) is 5. The number of carbonyl (C=O) groups is 1. The lowest BCUT2D eigenvalue weighted by Gasteiger charge is -2.09. The molecule has 194 valence electrons. The third kappa shape index (κ3) is 10.2. The second-order valence-electron chi connectivity index (χ2n) is 9.56. The van der Waals surface area contributed by atoms with Gasteiger partial charge in [-0.25, -0.2) is 0 Å². The maximum atomic E-state index is 11.0. The van der Waals surface area contributed by atoms with Crippen molar-refractivity contribution in [2.45, 2.75) is 78.2 Å². The van der Waals surface area contributed by atoms with Crippen LogP contribution in [0.1, 0.15) is 77.7 Å². The Bertz CT molecular complexity index is 1130. The summed E-state index contributed by atoms with van der Waals surface area (Å²) in [7, 11) is 0. The lowest BCUT2D eigenvalue weighted by atomic mass is 9.99. The highest BCUT2D eigenvalue weighted by molar-refractivity contribution is 5.71. The molecule has 37 heavy (non-hydrogen) atoms. The van der Waals surface area contributed by atoms with Crippen LogP contribution in [0.15, 0.2) is 72.8 Å². The number of carbonyl (C=O) groups excluding carboxylic acids is 1. The minimum Gasteiger partial charge on any atom is -0.494 e. The van der Waals surface area contributed by atoms with E-state index in [1.165, 1.54) is 61.3 Å². The Morgan fingerprint density at radius 1 is 0.757 bits per heavy atom. The van der Waals surface area contributed by atoms with Crippen molar-refractivity contribution >= 4 is 5.97 Å². The van der Waals surface area contributed by atoms with E-state index in [-0.39, 0.29) is 12.1 Å². The van der Waals surface area contributed by atoms with E-state index < -0.39 is 0 Å². The zero-order valence-corrected chi connectivity index (χ0v) is 22.6. The highest BCUT2D eigenvalue weighted by Gasteiger charge is 2.04. The van der Waals surface area contributed by atoms with Crippen molar-refractivity contribution in [1.29, 1.82) is 0 Å². The molecule has 0 saturated carbocycles. The Hall–Kier alpha value is -3.51. The first kappa shape index (κ1) is 28.1. The molecule has 0 N–H and O–H groups in total. The Labute approximate surface area is 223 Å². The normalized spacial score (nSPS) is 11.3.